The lowest BCUT2D eigenvalue weighted by molar-refractivity contribution is 0.350. The molecule has 0 atom stereocenters. The van der Waals surface area contributed by atoms with Gasteiger partial charge in [0.2, 0.25) is 0 Å². The Balaban J connectivity index is 2.36. The van der Waals surface area contributed by atoms with Gasteiger partial charge in [0.1, 0.15) is 12.4 Å². The van der Waals surface area contributed by atoms with Crippen LogP contribution in [0.4, 0.5) is 0 Å². The Kier molecular flexibility index (Phi) is 4.59. The van der Waals surface area contributed by atoms with Crippen LogP contribution in [0.5, 0.6) is 5.75 Å². The molecular formula is C16H15NO3. The molecule has 1 aromatic heterocycles. The molecule has 102 valence electrons. The summed E-state index contributed by atoms with van der Waals surface area (Å²) in [5, 5.41) is 8.80. The minimum atomic E-state index is -0.177. The van der Waals surface area contributed by atoms with Gasteiger partial charge in [-0.2, -0.15) is 0 Å². The minimum Gasteiger partial charge on any atom is -0.497 e. The van der Waals surface area contributed by atoms with Crippen LogP contribution in [-0.2, 0) is 6.54 Å². The monoisotopic (exact) mass is 269 g/mol. The normalized spacial score (nSPS) is 9.70. The van der Waals surface area contributed by atoms with Crippen molar-refractivity contribution in [2.45, 2.75) is 6.54 Å². The van der Waals surface area contributed by atoms with Gasteiger partial charge in [-0.3, -0.25) is 4.79 Å². The molecule has 0 aliphatic heterocycles. The Labute approximate surface area is 117 Å². The van der Waals surface area contributed by atoms with Crippen LogP contribution < -0.4 is 10.2 Å². The summed E-state index contributed by atoms with van der Waals surface area (Å²) in [5.41, 5.74) is 1.78. The van der Waals surface area contributed by atoms with E-state index < -0.39 is 0 Å². The summed E-state index contributed by atoms with van der Waals surface area (Å²) in [6.07, 6.45) is 3.45. The van der Waals surface area contributed by atoms with Crippen molar-refractivity contribution in [3.05, 3.63) is 64.1 Å². The molecular weight excluding hydrogens is 254 g/mol. The van der Waals surface area contributed by atoms with E-state index in [1.807, 2.05) is 22.8 Å². The first kappa shape index (κ1) is 13.9. The lowest BCUT2D eigenvalue weighted by atomic mass is 10.1. The first-order valence-corrected chi connectivity index (χ1v) is 6.15. The highest BCUT2D eigenvalue weighted by molar-refractivity contribution is 5.45. The average molecular weight is 269 g/mol. The minimum absolute atomic E-state index is 0.0211. The smallest absolute Gasteiger partial charge is 0.181 e. The third-order valence-electron chi connectivity index (χ3n) is 2.83. The van der Waals surface area contributed by atoms with E-state index in [4.69, 9.17) is 9.84 Å². The molecule has 1 heterocycles. The molecule has 0 unspecified atom stereocenters. The maximum atomic E-state index is 11.1. The van der Waals surface area contributed by atoms with E-state index in [0.717, 1.165) is 16.9 Å². The molecule has 0 fully saturated rings. The molecule has 2 aromatic rings. The number of aliphatic hydroxyl groups is 1. The molecule has 0 saturated carbocycles. The molecule has 2 rings (SSSR count). The van der Waals surface area contributed by atoms with Crippen molar-refractivity contribution in [2.75, 3.05) is 13.7 Å². The van der Waals surface area contributed by atoms with Crippen molar-refractivity contribution >= 4 is 0 Å². The fourth-order valence-corrected chi connectivity index (χ4v) is 1.83. The van der Waals surface area contributed by atoms with Gasteiger partial charge < -0.3 is 14.4 Å². The van der Waals surface area contributed by atoms with Crippen molar-refractivity contribution in [1.29, 1.82) is 0 Å². The summed E-state index contributed by atoms with van der Waals surface area (Å²) < 4.78 is 7.10. The Morgan fingerprint density at radius 3 is 2.65 bits per heavy atom. The average Bonchev–Trinajstić information content (AvgIpc) is 2.48. The number of pyridine rings is 1. The number of hydrogen-bond acceptors (Lipinski definition) is 3. The van der Waals surface area contributed by atoms with Crippen LogP contribution in [0.1, 0.15) is 11.1 Å². The van der Waals surface area contributed by atoms with E-state index in [-0.39, 0.29) is 12.0 Å². The van der Waals surface area contributed by atoms with Crippen LogP contribution in [0, 0.1) is 11.8 Å². The zero-order valence-corrected chi connectivity index (χ0v) is 11.2. The molecule has 0 saturated heterocycles. The molecule has 0 aliphatic carbocycles. The van der Waals surface area contributed by atoms with E-state index in [0.29, 0.717) is 6.54 Å². The highest BCUT2D eigenvalue weighted by Gasteiger charge is 2.03. The lowest BCUT2D eigenvalue weighted by Crippen LogP contribution is -2.06. The number of aliphatic hydroxyl groups excluding tert-OH is 1. The van der Waals surface area contributed by atoms with Gasteiger partial charge in [0, 0.05) is 36.6 Å². The highest BCUT2D eigenvalue weighted by atomic mass is 16.5. The Morgan fingerprint density at radius 2 is 2.00 bits per heavy atom. The van der Waals surface area contributed by atoms with Crippen LogP contribution in [0.25, 0.3) is 0 Å². The first-order valence-electron chi connectivity index (χ1n) is 6.15. The van der Waals surface area contributed by atoms with Gasteiger partial charge in [0.05, 0.1) is 7.11 Å². The predicted octanol–water partition coefficient (Wildman–Crippen LogP) is 1.25. The van der Waals surface area contributed by atoms with Crippen LogP contribution in [0.3, 0.4) is 0 Å². The molecule has 1 N–H and O–H groups in total. The molecule has 0 aliphatic rings. The predicted molar refractivity (Wildman–Crippen MR) is 76.8 cm³/mol. The van der Waals surface area contributed by atoms with Crippen molar-refractivity contribution in [2.24, 2.45) is 0 Å². The van der Waals surface area contributed by atoms with Crippen molar-refractivity contribution in [3.8, 4) is 17.6 Å². The fourth-order valence-electron chi connectivity index (χ4n) is 1.83. The largest absolute Gasteiger partial charge is 0.497 e. The third kappa shape index (κ3) is 3.50. The summed E-state index contributed by atoms with van der Waals surface area (Å²) in [6.45, 7) is 0.399. The molecule has 0 radical (unpaired) electrons. The Morgan fingerprint density at radius 1 is 1.25 bits per heavy atom. The van der Waals surface area contributed by atoms with Gasteiger partial charge in [0.25, 0.3) is 0 Å². The number of methoxy groups -OCH3 is 1. The standard InChI is InChI=1S/C16H15NO3/c1-20-16-5-4-13(3-2-10-18)14(11-16)12-17-8-6-15(19)7-9-17/h4-9,11,18H,10,12H2,1H3. The van der Waals surface area contributed by atoms with Gasteiger partial charge in [-0.15, -0.1) is 0 Å². The SMILES string of the molecule is COc1ccc(C#CCO)c(Cn2ccc(=O)cc2)c1. The molecule has 4 nitrogen and oxygen atoms in total. The van der Waals surface area contributed by atoms with Gasteiger partial charge in [-0.05, 0) is 23.8 Å². The zero-order valence-electron chi connectivity index (χ0n) is 11.2. The van der Waals surface area contributed by atoms with Crippen molar-refractivity contribution in [3.63, 3.8) is 0 Å². The van der Waals surface area contributed by atoms with Crippen LogP contribution in [0.15, 0.2) is 47.5 Å². The fraction of sp³-hybridized carbons (Fsp3) is 0.188. The zero-order chi connectivity index (χ0) is 14.4. The molecule has 1 aromatic carbocycles. The van der Waals surface area contributed by atoms with Crippen LogP contribution in [-0.4, -0.2) is 23.4 Å². The number of nitrogens with zero attached hydrogens (tertiary/aromatic N) is 1. The summed E-state index contributed by atoms with van der Waals surface area (Å²) in [6, 6.07) is 8.62. The topological polar surface area (TPSA) is 51.5 Å². The highest BCUT2D eigenvalue weighted by Crippen LogP contribution is 2.18. The number of aromatic nitrogens is 1. The van der Waals surface area contributed by atoms with Crippen LogP contribution in [0.2, 0.25) is 0 Å². The summed E-state index contributed by atoms with van der Waals surface area (Å²) in [7, 11) is 1.61. The van der Waals surface area contributed by atoms with E-state index in [2.05, 4.69) is 11.8 Å². The van der Waals surface area contributed by atoms with Crippen molar-refractivity contribution < 1.29 is 9.84 Å². The molecule has 20 heavy (non-hydrogen) atoms. The van der Waals surface area contributed by atoms with E-state index in [9.17, 15) is 4.79 Å². The summed E-state index contributed by atoms with van der Waals surface area (Å²) in [4.78, 5) is 11.1. The number of ether oxygens (including phenoxy) is 1. The lowest BCUT2D eigenvalue weighted by Gasteiger charge is -2.10. The molecule has 4 heteroatoms. The second-order valence-electron chi connectivity index (χ2n) is 4.19. The molecule has 0 amide bonds. The van der Waals surface area contributed by atoms with Crippen molar-refractivity contribution in [1.82, 2.24) is 4.57 Å². The van der Waals surface area contributed by atoms with Crippen LogP contribution >= 0.6 is 0 Å². The third-order valence-corrected chi connectivity index (χ3v) is 2.83. The summed E-state index contributed by atoms with van der Waals surface area (Å²) in [5.74, 6) is 6.30. The molecule has 0 bridgehead atoms. The van der Waals surface area contributed by atoms with Gasteiger partial charge >= 0.3 is 0 Å². The Hall–Kier alpha value is -2.51. The second-order valence-corrected chi connectivity index (χ2v) is 4.19. The Bertz CT molecular complexity index is 687. The first-order chi connectivity index (χ1) is 9.72. The maximum Gasteiger partial charge on any atom is 0.181 e. The van der Waals surface area contributed by atoms with Gasteiger partial charge in [-0.25, -0.2) is 0 Å². The number of rotatable bonds is 3. The number of benzene rings is 1. The van der Waals surface area contributed by atoms with E-state index in [1.165, 1.54) is 12.1 Å². The quantitative estimate of drug-likeness (QED) is 0.853. The van der Waals surface area contributed by atoms with Gasteiger partial charge in [-0.1, -0.05) is 11.8 Å². The van der Waals surface area contributed by atoms with Gasteiger partial charge in [0.15, 0.2) is 5.43 Å². The maximum absolute atomic E-state index is 11.1. The van der Waals surface area contributed by atoms with E-state index in [1.54, 1.807) is 19.5 Å². The second kappa shape index (κ2) is 6.60. The number of hydrogen-bond donors (Lipinski definition) is 1. The molecule has 0 spiro atoms. The van der Waals surface area contributed by atoms with E-state index >= 15 is 0 Å². The summed E-state index contributed by atoms with van der Waals surface area (Å²) >= 11 is 0.